The Kier molecular flexibility index (Phi) is 4.33. The van der Waals surface area contributed by atoms with E-state index in [0.29, 0.717) is 20.3 Å². The normalized spacial score (nSPS) is 12.2. The minimum absolute atomic E-state index is 0.108. The SMILES string of the molecule is CSc1ccc(/C=c2\sc3nnc(-c4ccc(Cl)cc4)n3c2=O)cc1. The van der Waals surface area contributed by atoms with Gasteiger partial charge in [-0.1, -0.05) is 35.1 Å². The molecule has 2 heterocycles. The van der Waals surface area contributed by atoms with E-state index in [2.05, 4.69) is 10.2 Å². The van der Waals surface area contributed by atoms with Gasteiger partial charge in [0.05, 0.1) is 4.53 Å². The molecule has 0 radical (unpaired) electrons. The van der Waals surface area contributed by atoms with Crippen molar-refractivity contribution in [2.24, 2.45) is 0 Å². The van der Waals surface area contributed by atoms with Gasteiger partial charge in [0.1, 0.15) is 0 Å². The molecular weight excluding hydrogens is 374 g/mol. The number of benzene rings is 2. The zero-order chi connectivity index (χ0) is 17.4. The van der Waals surface area contributed by atoms with Gasteiger partial charge in [-0.3, -0.25) is 4.79 Å². The molecule has 124 valence electrons. The Hall–Kier alpha value is -2.15. The Morgan fingerprint density at radius 1 is 1.08 bits per heavy atom. The van der Waals surface area contributed by atoms with E-state index in [1.807, 2.05) is 48.7 Å². The summed E-state index contributed by atoms with van der Waals surface area (Å²) in [7, 11) is 0. The Balaban J connectivity index is 1.84. The monoisotopic (exact) mass is 385 g/mol. The van der Waals surface area contributed by atoms with Gasteiger partial charge in [0.15, 0.2) is 5.82 Å². The lowest BCUT2D eigenvalue weighted by Gasteiger charge is -1.97. The number of thioether (sulfide) groups is 1. The highest BCUT2D eigenvalue weighted by atomic mass is 35.5. The van der Waals surface area contributed by atoms with E-state index in [-0.39, 0.29) is 5.56 Å². The molecule has 0 saturated carbocycles. The van der Waals surface area contributed by atoms with E-state index in [0.717, 1.165) is 11.1 Å². The number of fused-ring (bicyclic) bond motifs is 1. The number of aromatic nitrogens is 3. The Labute approximate surface area is 156 Å². The molecule has 0 unspecified atom stereocenters. The summed E-state index contributed by atoms with van der Waals surface area (Å²) >= 11 is 8.95. The number of rotatable bonds is 3. The molecule has 0 bridgehead atoms. The van der Waals surface area contributed by atoms with Crippen LogP contribution in [0.5, 0.6) is 0 Å². The van der Waals surface area contributed by atoms with Crippen molar-refractivity contribution in [1.82, 2.24) is 14.6 Å². The van der Waals surface area contributed by atoms with E-state index >= 15 is 0 Å². The lowest BCUT2D eigenvalue weighted by atomic mass is 10.2. The van der Waals surface area contributed by atoms with E-state index in [4.69, 9.17) is 11.6 Å². The van der Waals surface area contributed by atoms with Gasteiger partial charge in [0.2, 0.25) is 4.96 Å². The predicted molar refractivity (Wildman–Crippen MR) is 105 cm³/mol. The molecule has 0 N–H and O–H groups in total. The second-order valence-electron chi connectivity index (χ2n) is 5.34. The quantitative estimate of drug-likeness (QED) is 0.504. The number of halogens is 1. The van der Waals surface area contributed by atoms with Gasteiger partial charge < -0.3 is 0 Å². The maximum atomic E-state index is 12.8. The number of thiazole rings is 1. The lowest BCUT2D eigenvalue weighted by Crippen LogP contribution is -2.23. The Morgan fingerprint density at radius 2 is 1.80 bits per heavy atom. The van der Waals surface area contributed by atoms with Gasteiger partial charge in [0, 0.05) is 15.5 Å². The smallest absolute Gasteiger partial charge is 0.267 e. The van der Waals surface area contributed by atoms with Crippen LogP contribution in [0.15, 0.2) is 58.2 Å². The fourth-order valence-electron chi connectivity index (χ4n) is 2.50. The van der Waals surface area contributed by atoms with Crippen LogP contribution in [-0.2, 0) is 0 Å². The van der Waals surface area contributed by atoms with Crippen molar-refractivity contribution < 1.29 is 0 Å². The second kappa shape index (κ2) is 6.63. The van der Waals surface area contributed by atoms with Gasteiger partial charge in [0.25, 0.3) is 5.56 Å². The maximum Gasteiger partial charge on any atom is 0.276 e. The fourth-order valence-corrected chi connectivity index (χ4v) is 3.95. The van der Waals surface area contributed by atoms with E-state index in [1.165, 1.54) is 16.2 Å². The van der Waals surface area contributed by atoms with Crippen LogP contribution in [0.3, 0.4) is 0 Å². The standard InChI is InChI=1S/C18H12ClN3OS2/c1-24-14-8-2-11(3-9-14)10-15-17(23)22-16(20-21-18(22)25-15)12-4-6-13(19)7-5-12/h2-10H,1H3/b15-10-. The minimum atomic E-state index is -0.108. The summed E-state index contributed by atoms with van der Waals surface area (Å²) in [4.78, 5) is 14.6. The van der Waals surface area contributed by atoms with E-state index < -0.39 is 0 Å². The molecule has 4 aromatic rings. The summed E-state index contributed by atoms with van der Waals surface area (Å²) in [5.41, 5.74) is 1.69. The highest BCUT2D eigenvalue weighted by Crippen LogP contribution is 2.20. The summed E-state index contributed by atoms with van der Waals surface area (Å²) in [5.74, 6) is 0.533. The van der Waals surface area contributed by atoms with Crippen LogP contribution >= 0.6 is 34.7 Å². The van der Waals surface area contributed by atoms with Crippen LogP contribution in [0.25, 0.3) is 22.4 Å². The third-order valence-corrected chi connectivity index (χ3v) is 5.72. The second-order valence-corrected chi connectivity index (χ2v) is 7.66. The first kappa shape index (κ1) is 16.3. The predicted octanol–water partition coefficient (Wildman–Crippen LogP) is 3.74. The highest BCUT2D eigenvalue weighted by Gasteiger charge is 2.14. The molecule has 0 fully saturated rings. The average molecular weight is 386 g/mol. The Morgan fingerprint density at radius 3 is 2.48 bits per heavy atom. The zero-order valence-electron chi connectivity index (χ0n) is 13.1. The third kappa shape index (κ3) is 3.08. The largest absolute Gasteiger partial charge is 0.276 e. The minimum Gasteiger partial charge on any atom is -0.267 e. The van der Waals surface area contributed by atoms with Gasteiger partial charge in [-0.15, -0.1) is 22.0 Å². The summed E-state index contributed by atoms with van der Waals surface area (Å²) in [6, 6.07) is 15.3. The van der Waals surface area contributed by atoms with Crippen molar-refractivity contribution in [2.75, 3.05) is 6.26 Å². The van der Waals surface area contributed by atoms with Crippen LogP contribution in [0.4, 0.5) is 0 Å². The van der Waals surface area contributed by atoms with Crippen LogP contribution in [0, 0.1) is 0 Å². The molecule has 4 rings (SSSR count). The molecule has 2 aromatic carbocycles. The van der Waals surface area contributed by atoms with Crippen LogP contribution < -0.4 is 10.1 Å². The maximum absolute atomic E-state index is 12.8. The van der Waals surface area contributed by atoms with Gasteiger partial charge >= 0.3 is 0 Å². The molecule has 0 amide bonds. The number of nitrogens with zero attached hydrogens (tertiary/aromatic N) is 3. The number of hydrogen-bond donors (Lipinski definition) is 0. The van der Waals surface area contributed by atoms with E-state index in [9.17, 15) is 4.79 Å². The molecule has 25 heavy (non-hydrogen) atoms. The molecule has 4 nitrogen and oxygen atoms in total. The molecule has 0 saturated heterocycles. The molecular formula is C18H12ClN3OS2. The van der Waals surface area contributed by atoms with Crippen LogP contribution in [0.2, 0.25) is 5.02 Å². The third-order valence-electron chi connectivity index (χ3n) is 3.76. The molecule has 0 aliphatic carbocycles. The van der Waals surface area contributed by atoms with Crippen LogP contribution in [0.1, 0.15) is 5.56 Å². The topological polar surface area (TPSA) is 47.3 Å². The summed E-state index contributed by atoms with van der Waals surface area (Å²) in [6.45, 7) is 0. The van der Waals surface area contributed by atoms with Crippen molar-refractivity contribution in [3.63, 3.8) is 0 Å². The zero-order valence-corrected chi connectivity index (χ0v) is 15.5. The van der Waals surface area contributed by atoms with Gasteiger partial charge in [-0.25, -0.2) is 4.40 Å². The van der Waals surface area contributed by atoms with Crippen molar-refractivity contribution in [3.05, 3.63) is 74.0 Å². The first-order valence-electron chi connectivity index (χ1n) is 7.45. The molecule has 2 aromatic heterocycles. The highest BCUT2D eigenvalue weighted by molar-refractivity contribution is 7.98. The summed E-state index contributed by atoms with van der Waals surface area (Å²) in [6.07, 6.45) is 3.92. The fraction of sp³-hybridized carbons (Fsp3) is 0.0556. The van der Waals surface area contributed by atoms with Gasteiger partial charge in [-0.05, 0) is 54.3 Å². The Bertz CT molecular complexity index is 1150. The molecule has 0 atom stereocenters. The van der Waals surface area contributed by atoms with Crippen molar-refractivity contribution in [1.29, 1.82) is 0 Å². The molecule has 0 aliphatic heterocycles. The lowest BCUT2D eigenvalue weighted by molar-refractivity contribution is 1.09. The van der Waals surface area contributed by atoms with E-state index in [1.54, 1.807) is 28.3 Å². The molecule has 0 spiro atoms. The van der Waals surface area contributed by atoms with Gasteiger partial charge in [-0.2, -0.15) is 0 Å². The number of hydrogen-bond acceptors (Lipinski definition) is 5. The van der Waals surface area contributed by atoms with Crippen molar-refractivity contribution in [3.8, 4) is 11.4 Å². The average Bonchev–Trinajstić information content (AvgIpc) is 3.17. The molecule has 7 heteroatoms. The summed E-state index contributed by atoms with van der Waals surface area (Å²) in [5, 5.41) is 8.93. The molecule has 0 aliphatic rings. The van der Waals surface area contributed by atoms with Crippen LogP contribution in [-0.4, -0.2) is 20.9 Å². The van der Waals surface area contributed by atoms with Crippen molar-refractivity contribution >= 4 is 45.7 Å². The first-order chi connectivity index (χ1) is 12.2. The summed E-state index contributed by atoms with van der Waals surface area (Å²) < 4.78 is 2.19. The van der Waals surface area contributed by atoms with Crippen molar-refractivity contribution in [2.45, 2.75) is 4.90 Å². The first-order valence-corrected chi connectivity index (χ1v) is 9.87.